The summed E-state index contributed by atoms with van der Waals surface area (Å²) in [6.45, 7) is 5.96. The number of carboxylic acid groups (broad SMARTS) is 1. The molecule has 0 aliphatic heterocycles. The number of carboxylic acids is 1. The lowest BCUT2D eigenvalue weighted by atomic mass is 9.95. The molecule has 0 atom stereocenters. The number of aromatic carboxylic acids is 1. The minimum Gasteiger partial charge on any atom is -0.478 e. The summed E-state index contributed by atoms with van der Waals surface area (Å²) < 4.78 is 5.64. The van der Waals surface area contributed by atoms with Gasteiger partial charge in [-0.15, -0.1) is 11.3 Å². The molecule has 1 aliphatic carbocycles. The van der Waals surface area contributed by atoms with Crippen molar-refractivity contribution in [1.29, 1.82) is 0 Å². The van der Waals surface area contributed by atoms with E-state index in [-0.39, 0.29) is 23.1 Å². The van der Waals surface area contributed by atoms with E-state index in [4.69, 9.17) is 4.74 Å². The first-order valence-electron chi connectivity index (χ1n) is 11.4. The Balaban J connectivity index is 1.40. The molecule has 0 spiro atoms. The number of thiophene rings is 1. The van der Waals surface area contributed by atoms with Crippen molar-refractivity contribution in [2.75, 3.05) is 11.9 Å². The summed E-state index contributed by atoms with van der Waals surface area (Å²) in [4.78, 5) is 25.9. The number of ether oxygens (including phenoxy) is 1. The Labute approximate surface area is 208 Å². The van der Waals surface area contributed by atoms with Gasteiger partial charge in [-0.1, -0.05) is 72.3 Å². The number of rotatable bonds is 5. The number of carbonyl (C=O) groups excluding carboxylic acids is 1. The molecule has 0 bridgehead atoms. The third-order valence-electron chi connectivity index (χ3n) is 6.52. The average molecular weight is 484 g/mol. The van der Waals surface area contributed by atoms with Crippen LogP contribution >= 0.6 is 11.3 Å². The number of aryl methyl sites for hydroxylation is 3. The standard InChI is InChI=1S/C29H25NO4S/c1-16-12-13-17(2)23(14-16)25-18(3)35-27(26(25)28(31)32)30-29(33)34-15-24-21-10-6-4-8-19(21)20-9-5-7-11-22(20)24/h4-14,24H,15H2,1-3H3,(H,30,33)(H,31,32). The van der Waals surface area contributed by atoms with Crippen molar-refractivity contribution < 1.29 is 19.4 Å². The molecule has 1 amide bonds. The van der Waals surface area contributed by atoms with Crippen molar-refractivity contribution in [3.8, 4) is 22.3 Å². The van der Waals surface area contributed by atoms with Gasteiger partial charge in [0.25, 0.3) is 0 Å². The maximum atomic E-state index is 12.8. The normalized spacial score (nSPS) is 12.2. The molecule has 1 aromatic heterocycles. The molecule has 0 saturated carbocycles. The van der Waals surface area contributed by atoms with Crippen molar-refractivity contribution in [3.05, 3.63) is 99.4 Å². The van der Waals surface area contributed by atoms with E-state index in [2.05, 4.69) is 29.6 Å². The van der Waals surface area contributed by atoms with Crippen LogP contribution in [0.3, 0.4) is 0 Å². The number of fused-ring (bicyclic) bond motifs is 3. The van der Waals surface area contributed by atoms with Crippen molar-refractivity contribution in [2.24, 2.45) is 0 Å². The van der Waals surface area contributed by atoms with Gasteiger partial charge in [0.1, 0.15) is 17.2 Å². The lowest BCUT2D eigenvalue weighted by Gasteiger charge is -2.14. The van der Waals surface area contributed by atoms with Crippen LogP contribution in [-0.2, 0) is 4.74 Å². The SMILES string of the molecule is Cc1ccc(C)c(-c2c(C)sc(NC(=O)OCC3c4ccccc4-c4ccccc43)c2C(=O)O)c1. The van der Waals surface area contributed by atoms with Gasteiger partial charge in [-0.3, -0.25) is 5.32 Å². The molecule has 5 nitrogen and oxygen atoms in total. The van der Waals surface area contributed by atoms with Crippen LogP contribution in [0, 0.1) is 20.8 Å². The van der Waals surface area contributed by atoms with E-state index < -0.39 is 12.1 Å². The van der Waals surface area contributed by atoms with E-state index in [1.54, 1.807) is 0 Å². The lowest BCUT2D eigenvalue weighted by molar-refractivity contribution is 0.0699. The summed E-state index contributed by atoms with van der Waals surface area (Å²) in [7, 11) is 0. The van der Waals surface area contributed by atoms with E-state index in [1.165, 1.54) is 11.3 Å². The molecule has 0 saturated heterocycles. The fourth-order valence-electron chi connectivity index (χ4n) is 4.89. The topological polar surface area (TPSA) is 75.6 Å². The molecular formula is C29H25NO4S. The van der Waals surface area contributed by atoms with E-state index in [1.807, 2.05) is 63.2 Å². The zero-order chi connectivity index (χ0) is 24.7. The summed E-state index contributed by atoms with van der Waals surface area (Å²) >= 11 is 1.25. The molecule has 1 heterocycles. The Morgan fingerprint density at radius 2 is 1.54 bits per heavy atom. The van der Waals surface area contributed by atoms with Crippen LogP contribution in [0.25, 0.3) is 22.3 Å². The van der Waals surface area contributed by atoms with Crippen LogP contribution in [-0.4, -0.2) is 23.8 Å². The van der Waals surface area contributed by atoms with E-state index in [0.717, 1.165) is 43.8 Å². The first-order chi connectivity index (χ1) is 16.8. The Bertz CT molecular complexity index is 1420. The van der Waals surface area contributed by atoms with Gasteiger partial charge in [-0.25, -0.2) is 9.59 Å². The maximum Gasteiger partial charge on any atom is 0.412 e. The van der Waals surface area contributed by atoms with Crippen LogP contribution in [0.2, 0.25) is 0 Å². The highest BCUT2D eigenvalue weighted by atomic mass is 32.1. The highest BCUT2D eigenvalue weighted by molar-refractivity contribution is 7.17. The summed E-state index contributed by atoms with van der Waals surface area (Å²) in [6.07, 6.45) is -0.664. The number of amides is 1. The highest BCUT2D eigenvalue weighted by Gasteiger charge is 2.30. The Morgan fingerprint density at radius 1 is 0.914 bits per heavy atom. The molecule has 176 valence electrons. The van der Waals surface area contributed by atoms with E-state index >= 15 is 0 Å². The monoisotopic (exact) mass is 483 g/mol. The molecule has 0 radical (unpaired) electrons. The Kier molecular flexibility index (Phi) is 5.91. The molecule has 35 heavy (non-hydrogen) atoms. The van der Waals surface area contributed by atoms with Gasteiger partial charge < -0.3 is 9.84 Å². The molecular weight excluding hydrogens is 458 g/mol. The summed E-state index contributed by atoms with van der Waals surface area (Å²) in [5.74, 6) is -1.15. The fourth-order valence-corrected chi connectivity index (χ4v) is 5.94. The molecule has 0 unspecified atom stereocenters. The highest BCUT2D eigenvalue weighted by Crippen LogP contribution is 2.45. The van der Waals surface area contributed by atoms with Gasteiger partial charge in [0.15, 0.2) is 0 Å². The quantitative estimate of drug-likeness (QED) is 0.310. The van der Waals surface area contributed by atoms with Gasteiger partial charge in [-0.2, -0.15) is 0 Å². The van der Waals surface area contributed by atoms with Crippen molar-refractivity contribution in [1.82, 2.24) is 0 Å². The Hall–Kier alpha value is -3.90. The summed E-state index contributed by atoms with van der Waals surface area (Å²) in [6, 6.07) is 22.2. The predicted octanol–water partition coefficient (Wildman–Crippen LogP) is 7.40. The average Bonchev–Trinajstić information content (AvgIpc) is 3.33. The van der Waals surface area contributed by atoms with Crippen LogP contribution in [0.1, 0.15) is 43.4 Å². The molecule has 6 heteroatoms. The molecule has 5 rings (SSSR count). The second-order valence-electron chi connectivity index (χ2n) is 8.81. The lowest BCUT2D eigenvalue weighted by Crippen LogP contribution is -2.18. The number of carbonyl (C=O) groups is 2. The van der Waals surface area contributed by atoms with Gasteiger partial charge >= 0.3 is 12.1 Å². The molecule has 0 fully saturated rings. The van der Waals surface area contributed by atoms with Crippen LogP contribution in [0.15, 0.2) is 66.7 Å². The third kappa shape index (κ3) is 4.10. The van der Waals surface area contributed by atoms with Crippen LogP contribution in [0.4, 0.5) is 9.80 Å². The van der Waals surface area contributed by atoms with Crippen LogP contribution in [0.5, 0.6) is 0 Å². The number of benzene rings is 3. The largest absolute Gasteiger partial charge is 0.478 e. The number of nitrogens with one attached hydrogen (secondary N) is 1. The summed E-state index contributed by atoms with van der Waals surface area (Å²) in [5, 5.41) is 13.0. The van der Waals surface area contributed by atoms with Gasteiger partial charge in [0.2, 0.25) is 0 Å². The van der Waals surface area contributed by atoms with Gasteiger partial charge in [0, 0.05) is 16.4 Å². The maximum absolute atomic E-state index is 12.8. The molecule has 3 aromatic carbocycles. The minimum absolute atomic E-state index is 0.0670. The van der Waals surface area contributed by atoms with Crippen molar-refractivity contribution in [2.45, 2.75) is 26.7 Å². The second-order valence-corrected chi connectivity index (χ2v) is 10.0. The molecule has 2 N–H and O–H groups in total. The van der Waals surface area contributed by atoms with Gasteiger partial charge in [0.05, 0.1) is 0 Å². The third-order valence-corrected chi connectivity index (χ3v) is 7.54. The predicted molar refractivity (Wildman–Crippen MR) is 140 cm³/mol. The fraction of sp³-hybridized carbons (Fsp3) is 0.172. The Morgan fingerprint density at radius 3 is 2.17 bits per heavy atom. The van der Waals surface area contributed by atoms with Crippen molar-refractivity contribution >= 4 is 28.4 Å². The first-order valence-corrected chi connectivity index (χ1v) is 12.2. The van der Waals surface area contributed by atoms with Gasteiger partial charge in [-0.05, 0) is 54.2 Å². The number of anilines is 1. The number of hydrogen-bond donors (Lipinski definition) is 2. The zero-order valence-electron chi connectivity index (χ0n) is 19.7. The van der Waals surface area contributed by atoms with E-state index in [9.17, 15) is 14.7 Å². The first kappa shape index (κ1) is 22.9. The molecule has 1 aliphatic rings. The number of hydrogen-bond acceptors (Lipinski definition) is 4. The second kappa shape index (κ2) is 9.04. The van der Waals surface area contributed by atoms with Crippen molar-refractivity contribution in [3.63, 3.8) is 0 Å². The summed E-state index contributed by atoms with van der Waals surface area (Å²) in [5.41, 5.74) is 8.15. The van der Waals surface area contributed by atoms with Crippen LogP contribution < -0.4 is 5.32 Å². The van der Waals surface area contributed by atoms with E-state index in [0.29, 0.717) is 5.56 Å². The smallest absolute Gasteiger partial charge is 0.412 e. The zero-order valence-corrected chi connectivity index (χ0v) is 20.5. The minimum atomic E-state index is -1.08. The molecule has 4 aromatic rings.